The SMILES string of the molecule is FC(F)(F)c1ccc(-[s+]2c3ccc(I)cc3c3cc(I)ccc32)cc1.Fc1ccc(-[s+]2c3ccc(I)cc3c3cc(I)ccc32)cc1.Ic1ccc2c(c1)c1cc(I)ccc1[s+]2-c1ccccc1.Ic1ccc2c(c1I)c1ccccc1[s+]2-c1ccccc1. The van der Waals surface area contributed by atoms with Gasteiger partial charge in [-0.15, -0.1) is 0 Å². The Bertz CT molecular complexity index is 5170. The molecular formula is C73H42F4I8S4+4. The molecule has 0 saturated carbocycles. The lowest BCUT2D eigenvalue weighted by Gasteiger charge is -2.05. The molecule has 0 N–H and O–H groups in total. The lowest BCUT2D eigenvalue weighted by Crippen LogP contribution is -2.03. The molecule has 4 heterocycles. The summed E-state index contributed by atoms with van der Waals surface area (Å²) in [5.74, 6) is -0.183. The van der Waals surface area contributed by atoms with E-state index in [9.17, 15) is 17.6 Å². The normalized spacial score (nSPS) is 11.8. The van der Waals surface area contributed by atoms with E-state index in [1.807, 2.05) is 12.1 Å². The molecule has 0 aliphatic rings. The van der Waals surface area contributed by atoms with Crippen molar-refractivity contribution in [1.82, 2.24) is 0 Å². The molecule has 16 aromatic rings. The number of fused-ring (bicyclic) bond motifs is 12. The Morgan fingerprint density at radius 3 is 0.888 bits per heavy atom. The molecule has 1 unspecified atom stereocenters. The van der Waals surface area contributed by atoms with E-state index in [1.165, 1.54) is 129 Å². The van der Waals surface area contributed by atoms with Crippen molar-refractivity contribution >= 4 is 303 Å². The van der Waals surface area contributed by atoms with Gasteiger partial charge in [-0.2, -0.15) is 13.2 Å². The fourth-order valence-electron chi connectivity index (χ4n) is 11.1. The smallest absolute Gasteiger partial charge is 0.207 e. The number of hydrogen-bond acceptors (Lipinski definition) is 0. The van der Waals surface area contributed by atoms with Crippen LogP contribution in [0.4, 0.5) is 17.6 Å². The van der Waals surface area contributed by atoms with Crippen LogP contribution in [0.1, 0.15) is 5.56 Å². The van der Waals surface area contributed by atoms with Gasteiger partial charge in [-0.3, -0.25) is 0 Å². The molecule has 0 amide bonds. The van der Waals surface area contributed by atoms with Crippen LogP contribution in [0.2, 0.25) is 0 Å². The highest BCUT2D eigenvalue weighted by Crippen LogP contribution is 2.53. The molecule has 1 atom stereocenters. The second-order valence-electron chi connectivity index (χ2n) is 20.4. The van der Waals surface area contributed by atoms with Gasteiger partial charge in [0.1, 0.15) is 5.82 Å². The van der Waals surface area contributed by atoms with E-state index in [2.05, 4.69) is 387 Å². The number of thiophene rings is 4. The quantitative estimate of drug-likeness (QED) is 0.0936. The molecular weight excluding hydrogens is 2100 g/mol. The van der Waals surface area contributed by atoms with Crippen molar-refractivity contribution in [2.75, 3.05) is 0 Å². The summed E-state index contributed by atoms with van der Waals surface area (Å²) in [5, 5.41) is 10.6. The van der Waals surface area contributed by atoms with Gasteiger partial charge in [0, 0.05) is 126 Å². The average Bonchev–Trinajstić information content (AvgIpc) is 1.69. The van der Waals surface area contributed by atoms with Crippen LogP contribution in [0, 0.1) is 34.4 Å². The van der Waals surface area contributed by atoms with Gasteiger partial charge in [0.05, 0.1) is 10.9 Å². The second kappa shape index (κ2) is 27.8. The second-order valence-corrected chi connectivity index (χ2v) is 38.0. The zero-order chi connectivity index (χ0) is 61.8. The largest absolute Gasteiger partial charge is 0.416 e. The summed E-state index contributed by atoms with van der Waals surface area (Å²) in [6.45, 7) is 0. The van der Waals surface area contributed by atoms with Crippen molar-refractivity contribution in [2.24, 2.45) is 0 Å². The van der Waals surface area contributed by atoms with E-state index < -0.39 is 11.7 Å². The highest BCUT2D eigenvalue weighted by atomic mass is 127. The maximum Gasteiger partial charge on any atom is 0.416 e. The first-order chi connectivity index (χ1) is 43.0. The Balaban J connectivity index is 0.000000109. The lowest BCUT2D eigenvalue weighted by atomic mass is 10.2. The van der Waals surface area contributed by atoms with Gasteiger partial charge in [-0.05, 0) is 369 Å². The van der Waals surface area contributed by atoms with E-state index in [-0.39, 0.29) is 47.7 Å². The molecule has 4 aromatic heterocycles. The molecule has 0 nitrogen and oxygen atoms in total. The Morgan fingerprint density at radius 1 is 0.258 bits per heavy atom. The number of benzene rings is 12. The summed E-state index contributed by atoms with van der Waals surface area (Å²) in [6, 6.07) is 87.2. The molecule has 12 aromatic carbocycles. The third-order valence-electron chi connectivity index (χ3n) is 14.9. The first kappa shape index (κ1) is 64.8. The van der Waals surface area contributed by atoms with Crippen molar-refractivity contribution in [3.63, 3.8) is 0 Å². The van der Waals surface area contributed by atoms with Gasteiger partial charge in [0.2, 0.25) is 0 Å². The Morgan fingerprint density at radius 2 is 0.539 bits per heavy atom. The van der Waals surface area contributed by atoms with Crippen LogP contribution in [0.25, 0.3) is 100 Å². The van der Waals surface area contributed by atoms with Gasteiger partial charge in [-0.1, -0.05) is 48.5 Å². The zero-order valence-electron chi connectivity index (χ0n) is 45.9. The van der Waals surface area contributed by atoms with Gasteiger partial charge in [-0.25, -0.2) is 4.39 Å². The standard InChI is InChI=1S/C19H10F3I2S.C18H10FI2S.2C18H11I2S/c20-19(21,22)11-1-5-14(6-2-11)25-17-7-3-12(23)9-15(17)16-10-13(24)4-8-18(16)25;19-11-1-5-14(6-2-11)22-17-7-3-12(20)9-15(17)16-10-13(21)4-8-18(16)22;19-14-10-11-16-17(18(14)20)13-8-4-5-9-15(13)21(16)12-6-2-1-3-7-12;19-12-6-8-17-15(10-12)16-11-13(20)7-9-18(16)21(17)14-4-2-1-3-5-14/h1-10H;1-10H;2*1-11H/q4*+1. The maximum absolute atomic E-state index is 13.3. The van der Waals surface area contributed by atoms with Crippen LogP contribution >= 0.6 is 223 Å². The van der Waals surface area contributed by atoms with Crippen LogP contribution in [0.3, 0.4) is 0 Å². The zero-order valence-corrected chi connectivity index (χ0v) is 66.4. The molecule has 0 aliphatic carbocycles. The summed E-state index contributed by atoms with van der Waals surface area (Å²) in [6.07, 6.45) is -4.31. The molecule has 0 aliphatic heterocycles. The molecule has 16 heteroatoms. The van der Waals surface area contributed by atoms with Gasteiger partial charge < -0.3 is 0 Å². The van der Waals surface area contributed by atoms with E-state index >= 15 is 0 Å². The van der Waals surface area contributed by atoms with E-state index in [4.69, 9.17) is 0 Å². The predicted molar refractivity (Wildman–Crippen MR) is 448 cm³/mol. The van der Waals surface area contributed by atoms with E-state index in [0.29, 0.717) is 0 Å². The third kappa shape index (κ3) is 13.4. The van der Waals surface area contributed by atoms with Crippen molar-refractivity contribution in [3.8, 4) is 19.6 Å². The number of hydrogen-bond donors (Lipinski definition) is 0. The van der Waals surface area contributed by atoms with Crippen LogP contribution in [-0.4, -0.2) is 0 Å². The van der Waals surface area contributed by atoms with E-state index in [1.54, 1.807) is 24.3 Å². The highest BCUT2D eigenvalue weighted by molar-refractivity contribution is 14.1. The first-order valence-corrected chi connectivity index (χ1v) is 40.9. The summed E-state index contributed by atoms with van der Waals surface area (Å²) in [4.78, 5) is 4.89. The molecule has 0 saturated heterocycles. The fraction of sp³-hybridized carbons (Fsp3) is 0.0137. The van der Waals surface area contributed by atoms with Gasteiger partial charge in [0.15, 0.2) is 57.2 Å². The van der Waals surface area contributed by atoms with Gasteiger partial charge in [0.25, 0.3) is 0 Å². The lowest BCUT2D eigenvalue weighted by molar-refractivity contribution is -0.137. The highest BCUT2D eigenvalue weighted by Gasteiger charge is 2.32. The van der Waals surface area contributed by atoms with Crippen molar-refractivity contribution in [1.29, 1.82) is 0 Å². The first-order valence-electron chi connectivity index (χ1n) is 27.3. The number of halogens is 12. The van der Waals surface area contributed by atoms with Crippen molar-refractivity contribution < 1.29 is 17.6 Å². The molecule has 0 fully saturated rings. The van der Waals surface area contributed by atoms with Crippen LogP contribution in [0.15, 0.2) is 255 Å². The maximum atomic E-state index is 13.3. The summed E-state index contributed by atoms with van der Waals surface area (Å²) in [7, 11) is -0.436. The summed E-state index contributed by atoms with van der Waals surface area (Å²) >= 11 is 19.0. The number of alkyl halides is 3. The Hall–Kier alpha value is -2.92. The fourth-order valence-corrected chi connectivity index (χ4v) is 24.9. The van der Waals surface area contributed by atoms with Crippen LogP contribution in [0.5, 0.6) is 0 Å². The Kier molecular flexibility index (Phi) is 20.2. The minimum Gasteiger partial charge on any atom is -0.207 e. The summed E-state index contributed by atoms with van der Waals surface area (Å²) < 4.78 is 72.8. The predicted octanol–water partition coefficient (Wildman–Crippen LogP) is 28.9. The summed E-state index contributed by atoms with van der Waals surface area (Å²) in [5.41, 5.74) is -0.607. The molecule has 438 valence electrons. The molecule has 0 radical (unpaired) electrons. The average molecular weight is 2140 g/mol. The van der Waals surface area contributed by atoms with Crippen molar-refractivity contribution in [2.45, 2.75) is 6.18 Å². The molecule has 0 bridgehead atoms. The minimum atomic E-state index is -4.31. The monoisotopic (exact) mass is 2140 g/mol. The number of rotatable bonds is 4. The molecule has 16 rings (SSSR count). The van der Waals surface area contributed by atoms with E-state index in [0.717, 1.165) is 12.0 Å². The molecule has 0 spiro atoms. The van der Waals surface area contributed by atoms with Gasteiger partial charge >= 0.3 is 6.18 Å². The van der Waals surface area contributed by atoms with Crippen LogP contribution < -0.4 is 0 Å². The van der Waals surface area contributed by atoms with Crippen LogP contribution in [-0.2, 0) is 6.18 Å². The topological polar surface area (TPSA) is 0 Å². The van der Waals surface area contributed by atoms with Crippen molar-refractivity contribution in [3.05, 3.63) is 295 Å². The Labute approximate surface area is 631 Å². The molecule has 89 heavy (non-hydrogen) atoms. The minimum absolute atomic E-state index is 0.0328. The third-order valence-corrected chi connectivity index (χ3v) is 31.3.